The molecule has 0 unspecified atom stereocenters. The monoisotopic (exact) mass is 352 g/mol. The SMILES string of the molecule is C=CC(=O)N1CCN2c3ncc(C(F)(F)F)cc3N(C=C)C(=O)[C@@H]2C1. The fraction of sp³-hybridized carbons (Fsp3) is 0.312. The lowest BCUT2D eigenvalue weighted by molar-refractivity contribution is -0.138. The Morgan fingerprint density at radius 2 is 2.04 bits per heavy atom. The molecule has 1 atom stereocenters. The molecule has 0 N–H and O–H groups in total. The van der Waals surface area contributed by atoms with Gasteiger partial charge in [-0.15, -0.1) is 0 Å². The first-order chi connectivity index (χ1) is 11.8. The van der Waals surface area contributed by atoms with Crippen molar-refractivity contribution in [3.05, 3.63) is 43.3 Å². The summed E-state index contributed by atoms with van der Waals surface area (Å²) in [6, 6.07) is 0.159. The van der Waals surface area contributed by atoms with Crippen molar-refractivity contribution in [2.45, 2.75) is 12.2 Å². The van der Waals surface area contributed by atoms with Gasteiger partial charge < -0.3 is 9.80 Å². The number of nitrogens with zero attached hydrogens (tertiary/aromatic N) is 4. The van der Waals surface area contributed by atoms with Gasteiger partial charge in [-0.2, -0.15) is 13.2 Å². The molecule has 25 heavy (non-hydrogen) atoms. The molecule has 0 aromatic carbocycles. The van der Waals surface area contributed by atoms with Gasteiger partial charge in [-0.05, 0) is 12.1 Å². The molecular formula is C16H15F3N4O2. The van der Waals surface area contributed by atoms with Gasteiger partial charge in [0.2, 0.25) is 5.91 Å². The van der Waals surface area contributed by atoms with Crippen molar-refractivity contribution in [2.24, 2.45) is 0 Å². The molecule has 2 aliphatic heterocycles. The second-order valence-electron chi connectivity index (χ2n) is 5.65. The van der Waals surface area contributed by atoms with Crippen molar-refractivity contribution in [2.75, 3.05) is 29.4 Å². The molecule has 1 fully saturated rings. The van der Waals surface area contributed by atoms with Crippen LogP contribution in [0.2, 0.25) is 0 Å². The number of rotatable bonds is 2. The van der Waals surface area contributed by atoms with Crippen LogP contribution < -0.4 is 9.80 Å². The first kappa shape index (κ1) is 17.0. The van der Waals surface area contributed by atoms with Crippen LogP contribution in [0.15, 0.2) is 37.7 Å². The second kappa shape index (κ2) is 5.91. The molecule has 6 nitrogen and oxygen atoms in total. The lowest BCUT2D eigenvalue weighted by Gasteiger charge is -2.46. The van der Waals surface area contributed by atoms with Crippen LogP contribution in [0.3, 0.4) is 0 Å². The molecule has 0 radical (unpaired) electrons. The predicted octanol–water partition coefficient (Wildman–Crippen LogP) is 1.79. The molecule has 132 valence electrons. The van der Waals surface area contributed by atoms with E-state index in [2.05, 4.69) is 18.1 Å². The van der Waals surface area contributed by atoms with Crippen molar-refractivity contribution in [3.63, 3.8) is 0 Å². The predicted molar refractivity (Wildman–Crippen MR) is 84.8 cm³/mol. The number of hydrogen-bond acceptors (Lipinski definition) is 4. The number of amides is 2. The van der Waals surface area contributed by atoms with Gasteiger partial charge in [0.1, 0.15) is 6.04 Å². The van der Waals surface area contributed by atoms with Crippen molar-refractivity contribution in [1.29, 1.82) is 0 Å². The largest absolute Gasteiger partial charge is 0.417 e. The third kappa shape index (κ3) is 2.75. The number of hydrogen-bond donors (Lipinski definition) is 0. The average molecular weight is 352 g/mol. The maximum Gasteiger partial charge on any atom is 0.417 e. The number of aromatic nitrogens is 1. The average Bonchev–Trinajstić information content (AvgIpc) is 2.60. The van der Waals surface area contributed by atoms with Crippen molar-refractivity contribution < 1.29 is 22.8 Å². The molecule has 0 spiro atoms. The molecule has 0 bridgehead atoms. The van der Waals surface area contributed by atoms with E-state index in [4.69, 9.17) is 0 Å². The summed E-state index contributed by atoms with van der Waals surface area (Å²) >= 11 is 0. The van der Waals surface area contributed by atoms with Crippen molar-refractivity contribution >= 4 is 23.3 Å². The number of piperazine rings is 1. The van der Waals surface area contributed by atoms with Crippen LogP contribution in [0.5, 0.6) is 0 Å². The first-order valence-corrected chi connectivity index (χ1v) is 7.48. The Morgan fingerprint density at radius 3 is 2.64 bits per heavy atom. The Bertz CT molecular complexity index is 762. The molecule has 0 saturated carbocycles. The molecule has 2 aliphatic rings. The summed E-state index contributed by atoms with van der Waals surface area (Å²) in [7, 11) is 0. The van der Waals surface area contributed by atoms with E-state index in [-0.39, 0.29) is 30.5 Å². The number of fused-ring (bicyclic) bond motifs is 3. The summed E-state index contributed by atoms with van der Waals surface area (Å²) in [5.74, 6) is -0.489. The molecular weight excluding hydrogens is 337 g/mol. The molecule has 2 amide bonds. The minimum atomic E-state index is -4.57. The quantitative estimate of drug-likeness (QED) is 0.762. The zero-order valence-corrected chi connectivity index (χ0v) is 13.2. The Morgan fingerprint density at radius 1 is 1.32 bits per heavy atom. The maximum atomic E-state index is 13.0. The van der Waals surface area contributed by atoms with E-state index in [1.54, 1.807) is 4.90 Å². The Kier molecular flexibility index (Phi) is 4.02. The van der Waals surface area contributed by atoms with Gasteiger partial charge in [-0.25, -0.2) is 4.98 Å². The van der Waals surface area contributed by atoms with Crippen LogP contribution in [0.1, 0.15) is 5.56 Å². The lowest BCUT2D eigenvalue weighted by atomic mass is 10.0. The summed E-state index contributed by atoms with van der Waals surface area (Å²) in [5.41, 5.74) is -0.903. The summed E-state index contributed by atoms with van der Waals surface area (Å²) in [5, 5.41) is 0. The van der Waals surface area contributed by atoms with Crippen LogP contribution in [-0.4, -0.2) is 47.4 Å². The van der Waals surface area contributed by atoms with E-state index in [1.165, 1.54) is 4.90 Å². The van der Waals surface area contributed by atoms with Gasteiger partial charge in [-0.1, -0.05) is 13.2 Å². The Labute approximate surface area is 141 Å². The van der Waals surface area contributed by atoms with E-state index in [1.807, 2.05) is 0 Å². The zero-order valence-electron chi connectivity index (χ0n) is 13.2. The minimum Gasteiger partial charge on any atom is -0.339 e. The van der Waals surface area contributed by atoms with E-state index in [0.717, 1.165) is 29.4 Å². The van der Waals surface area contributed by atoms with E-state index in [9.17, 15) is 22.8 Å². The van der Waals surface area contributed by atoms with Gasteiger partial charge in [0, 0.05) is 25.5 Å². The molecule has 1 aromatic heterocycles. The van der Waals surface area contributed by atoms with E-state index < -0.39 is 23.7 Å². The van der Waals surface area contributed by atoms with Gasteiger partial charge in [0.15, 0.2) is 5.82 Å². The zero-order chi connectivity index (χ0) is 18.4. The topological polar surface area (TPSA) is 56.8 Å². The number of carbonyl (C=O) groups excluding carboxylic acids is 2. The van der Waals surface area contributed by atoms with Crippen LogP contribution in [0.25, 0.3) is 0 Å². The highest BCUT2D eigenvalue weighted by atomic mass is 19.4. The molecule has 0 aliphatic carbocycles. The smallest absolute Gasteiger partial charge is 0.339 e. The van der Waals surface area contributed by atoms with Gasteiger partial charge in [0.25, 0.3) is 5.91 Å². The maximum absolute atomic E-state index is 13.0. The Hall–Kier alpha value is -2.84. The summed E-state index contributed by atoms with van der Waals surface area (Å²) < 4.78 is 38.9. The van der Waals surface area contributed by atoms with E-state index >= 15 is 0 Å². The number of carbonyl (C=O) groups is 2. The van der Waals surface area contributed by atoms with Crippen LogP contribution in [0.4, 0.5) is 24.7 Å². The second-order valence-corrected chi connectivity index (χ2v) is 5.65. The van der Waals surface area contributed by atoms with Gasteiger partial charge >= 0.3 is 6.18 Å². The first-order valence-electron chi connectivity index (χ1n) is 7.48. The van der Waals surface area contributed by atoms with Crippen LogP contribution in [0, 0.1) is 0 Å². The molecule has 1 saturated heterocycles. The number of pyridine rings is 1. The number of halogens is 3. The summed E-state index contributed by atoms with van der Waals surface area (Å²) in [6.45, 7) is 7.65. The van der Waals surface area contributed by atoms with Crippen molar-refractivity contribution in [3.8, 4) is 0 Å². The molecule has 1 aromatic rings. The van der Waals surface area contributed by atoms with Crippen molar-refractivity contribution in [1.82, 2.24) is 9.88 Å². The fourth-order valence-corrected chi connectivity index (χ4v) is 3.04. The Balaban J connectivity index is 2.03. The van der Waals surface area contributed by atoms with E-state index in [0.29, 0.717) is 6.54 Å². The lowest BCUT2D eigenvalue weighted by Crippen LogP contribution is -2.62. The normalized spacial score (nSPS) is 20.0. The van der Waals surface area contributed by atoms with Crippen LogP contribution >= 0.6 is 0 Å². The molecule has 3 rings (SSSR count). The highest BCUT2D eigenvalue weighted by molar-refractivity contribution is 6.06. The number of alkyl halides is 3. The highest BCUT2D eigenvalue weighted by Crippen LogP contribution is 2.40. The highest BCUT2D eigenvalue weighted by Gasteiger charge is 2.43. The van der Waals surface area contributed by atoms with Gasteiger partial charge in [0.05, 0.1) is 17.8 Å². The third-order valence-electron chi connectivity index (χ3n) is 4.28. The summed E-state index contributed by atoms with van der Waals surface area (Å²) in [6.07, 6.45) is -1.50. The van der Waals surface area contributed by atoms with Gasteiger partial charge in [-0.3, -0.25) is 14.5 Å². The minimum absolute atomic E-state index is 0.0366. The standard InChI is InChI=1S/C16H15F3N4O2/c1-3-13(24)21-5-6-23-12(9-21)15(25)22(4-2)11-7-10(16(17,18)19)8-20-14(11)23/h3-4,7-8,12H,1-2,5-6,9H2/t12-/m0/s1. The summed E-state index contributed by atoms with van der Waals surface area (Å²) in [4.78, 5) is 32.6. The third-order valence-corrected chi connectivity index (χ3v) is 4.28. The van der Waals surface area contributed by atoms with Crippen LogP contribution in [-0.2, 0) is 15.8 Å². The molecule has 3 heterocycles. The molecule has 9 heteroatoms. The number of anilines is 2. The fourth-order valence-electron chi connectivity index (χ4n) is 3.04.